The van der Waals surface area contributed by atoms with Crippen LogP contribution in [0, 0.1) is 5.92 Å². The first-order valence-electron chi connectivity index (χ1n) is 7.80. The maximum Gasteiger partial charge on any atom is 0.227 e. The minimum Gasteiger partial charge on any atom is -0.376 e. The highest BCUT2D eigenvalue weighted by molar-refractivity contribution is 5.79. The van der Waals surface area contributed by atoms with Gasteiger partial charge in [0.05, 0.1) is 12.0 Å². The van der Waals surface area contributed by atoms with E-state index >= 15 is 0 Å². The zero-order valence-electron chi connectivity index (χ0n) is 12.1. The molecule has 1 amide bonds. The van der Waals surface area contributed by atoms with Gasteiger partial charge in [-0.25, -0.2) is 0 Å². The fourth-order valence-electron chi connectivity index (χ4n) is 3.27. The van der Waals surface area contributed by atoms with Gasteiger partial charge in [0, 0.05) is 26.2 Å². The van der Waals surface area contributed by atoms with Gasteiger partial charge >= 0.3 is 0 Å². The van der Waals surface area contributed by atoms with E-state index in [0.29, 0.717) is 0 Å². The first-order chi connectivity index (χ1) is 9.18. The number of nitrogens with zero attached hydrogens (tertiary/aromatic N) is 1. The van der Waals surface area contributed by atoms with Crippen LogP contribution in [0.5, 0.6) is 0 Å². The van der Waals surface area contributed by atoms with Gasteiger partial charge in [-0.05, 0) is 32.1 Å². The second-order valence-corrected chi connectivity index (χ2v) is 6.12. The SMILES string of the molecule is CN(C[C@@H]1CCCCO1)C(=O)[C@H]1CCCCC[C@@H]1N. The summed E-state index contributed by atoms with van der Waals surface area (Å²) in [6.07, 6.45) is 9.14. The van der Waals surface area contributed by atoms with Crippen LogP contribution in [0.1, 0.15) is 51.4 Å². The van der Waals surface area contributed by atoms with E-state index < -0.39 is 0 Å². The summed E-state index contributed by atoms with van der Waals surface area (Å²) in [7, 11) is 1.90. The van der Waals surface area contributed by atoms with Crippen molar-refractivity contribution in [2.45, 2.75) is 63.5 Å². The molecule has 1 aliphatic carbocycles. The molecule has 0 bridgehead atoms. The van der Waals surface area contributed by atoms with E-state index in [-0.39, 0.29) is 24.0 Å². The third kappa shape index (κ3) is 4.18. The third-order valence-corrected chi connectivity index (χ3v) is 4.51. The Labute approximate surface area is 116 Å². The molecule has 2 aliphatic rings. The molecule has 2 rings (SSSR count). The van der Waals surface area contributed by atoms with Crippen LogP contribution in [0.2, 0.25) is 0 Å². The average molecular weight is 268 g/mol. The van der Waals surface area contributed by atoms with Gasteiger partial charge < -0.3 is 15.4 Å². The van der Waals surface area contributed by atoms with E-state index in [0.717, 1.165) is 45.3 Å². The summed E-state index contributed by atoms with van der Waals surface area (Å²) >= 11 is 0. The second kappa shape index (κ2) is 7.25. The fraction of sp³-hybridized carbons (Fsp3) is 0.933. The van der Waals surface area contributed by atoms with Crippen LogP contribution in [-0.2, 0) is 9.53 Å². The highest BCUT2D eigenvalue weighted by atomic mass is 16.5. The van der Waals surface area contributed by atoms with Crippen molar-refractivity contribution < 1.29 is 9.53 Å². The molecule has 1 saturated carbocycles. The fourth-order valence-corrected chi connectivity index (χ4v) is 3.27. The van der Waals surface area contributed by atoms with Crippen molar-refractivity contribution >= 4 is 5.91 Å². The molecule has 0 aromatic heterocycles. The van der Waals surface area contributed by atoms with Gasteiger partial charge in [-0.2, -0.15) is 0 Å². The first kappa shape index (κ1) is 14.8. The normalized spacial score (nSPS) is 32.6. The van der Waals surface area contributed by atoms with Crippen molar-refractivity contribution in [1.29, 1.82) is 0 Å². The van der Waals surface area contributed by atoms with Gasteiger partial charge in [0.2, 0.25) is 5.91 Å². The van der Waals surface area contributed by atoms with E-state index in [1.807, 2.05) is 11.9 Å². The Kier molecular flexibility index (Phi) is 5.64. The quantitative estimate of drug-likeness (QED) is 0.796. The Hall–Kier alpha value is -0.610. The zero-order chi connectivity index (χ0) is 13.7. The van der Waals surface area contributed by atoms with Gasteiger partial charge in [0.1, 0.15) is 0 Å². The molecule has 0 radical (unpaired) electrons. The van der Waals surface area contributed by atoms with Crippen LogP contribution in [0.3, 0.4) is 0 Å². The second-order valence-electron chi connectivity index (χ2n) is 6.12. The van der Waals surface area contributed by atoms with Gasteiger partial charge in [-0.3, -0.25) is 4.79 Å². The molecule has 19 heavy (non-hydrogen) atoms. The van der Waals surface area contributed by atoms with Gasteiger partial charge in [0.25, 0.3) is 0 Å². The molecule has 1 aliphatic heterocycles. The molecule has 2 N–H and O–H groups in total. The van der Waals surface area contributed by atoms with Crippen LogP contribution in [-0.4, -0.2) is 43.2 Å². The molecule has 3 atom stereocenters. The standard InChI is InChI=1S/C15H28N2O2/c1-17(11-12-7-5-6-10-19-12)15(18)13-8-3-2-4-9-14(13)16/h12-14H,2-11,16H2,1H3/t12-,13-,14-/m0/s1. The molecular formula is C15H28N2O2. The predicted octanol–water partition coefficient (Wildman–Crippen LogP) is 1.92. The topological polar surface area (TPSA) is 55.6 Å². The molecule has 1 heterocycles. The van der Waals surface area contributed by atoms with Gasteiger partial charge in [-0.15, -0.1) is 0 Å². The maximum absolute atomic E-state index is 12.5. The molecule has 0 unspecified atom stereocenters. The monoisotopic (exact) mass is 268 g/mol. The number of amides is 1. The average Bonchev–Trinajstić information content (AvgIpc) is 2.63. The summed E-state index contributed by atoms with van der Waals surface area (Å²) in [6, 6.07) is 0.0460. The molecule has 2 fully saturated rings. The number of likely N-dealkylation sites (N-methyl/N-ethyl adjacent to an activating group) is 1. The van der Waals surface area contributed by atoms with E-state index in [9.17, 15) is 4.79 Å². The number of carbonyl (C=O) groups excluding carboxylic acids is 1. The minimum atomic E-state index is 0.0242. The lowest BCUT2D eigenvalue weighted by Crippen LogP contribution is -2.45. The summed E-state index contributed by atoms with van der Waals surface area (Å²) in [6.45, 7) is 1.57. The highest BCUT2D eigenvalue weighted by Gasteiger charge is 2.30. The van der Waals surface area contributed by atoms with Gasteiger partial charge in [0.15, 0.2) is 0 Å². The Balaban J connectivity index is 1.85. The molecule has 0 aromatic rings. The van der Waals surface area contributed by atoms with Crippen LogP contribution in [0.25, 0.3) is 0 Å². The van der Waals surface area contributed by atoms with Crippen molar-refractivity contribution in [3.05, 3.63) is 0 Å². The summed E-state index contributed by atoms with van der Waals surface area (Å²) in [5, 5.41) is 0. The first-order valence-corrected chi connectivity index (χ1v) is 7.80. The third-order valence-electron chi connectivity index (χ3n) is 4.51. The molecule has 0 spiro atoms. The molecule has 0 aromatic carbocycles. The van der Waals surface area contributed by atoms with E-state index in [4.69, 9.17) is 10.5 Å². The highest BCUT2D eigenvalue weighted by Crippen LogP contribution is 2.24. The molecule has 1 saturated heterocycles. The minimum absolute atomic E-state index is 0.0242. The van der Waals surface area contributed by atoms with Crippen LogP contribution in [0.15, 0.2) is 0 Å². The maximum atomic E-state index is 12.5. The molecular weight excluding hydrogens is 240 g/mol. The van der Waals surface area contributed by atoms with E-state index in [2.05, 4.69) is 0 Å². The van der Waals surface area contributed by atoms with Crippen LogP contribution < -0.4 is 5.73 Å². The van der Waals surface area contributed by atoms with Crippen LogP contribution >= 0.6 is 0 Å². The Morgan fingerprint density at radius 3 is 2.63 bits per heavy atom. The largest absolute Gasteiger partial charge is 0.376 e. The summed E-state index contributed by atoms with van der Waals surface area (Å²) in [5.41, 5.74) is 6.17. The number of hydrogen-bond acceptors (Lipinski definition) is 3. The number of hydrogen-bond donors (Lipinski definition) is 1. The Morgan fingerprint density at radius 2 is 1.89 bits per heavy atom. The van der Waals surface area contributed by atoms with Gasteiger partial charge in [-0.1, -0.05) is 19.3 Å². The summed E-state index contributed by atoms with van der Waals surface area (Å²) in [4.78, 5) is 14.4. The number of nitrogens with two attached hydrogens (primary N) is 1. The molecule has 4 nitrogen and oxygen atoms in total. The lowest BCUT2D eigenvalue weighted by molar-refractivity contribution is -0.137. The summed E-state index contributed by atoms with van der Waals surface area (Å²) in [5.74, 6) is 0.250. The lowest BCUT2D eigenvalue weighted by atomic mass is 9.94. The Morgan fingerprint density at radius 1 is 1.16 bits per heavy atom. The zero-order valence-corrected chi connectivity index (χ0v) is 12.1. The smallest absolute Gasteiger partial charge is 0.227 e. The Bertz CT molecular complexity index is 290. The lowest BCUT2D eigenvalue weighted by Gasteiger charge is -2.31. The number of carbonyl (C=O) groups is 1. The molecule has 110 valence electrons. The van der Waals surface area contributed by atoms with Crippen molar-refractivity contribution in [1.82, 2.24) is 4.90 Å². The summed E-state index contributed by atoms with van der Waals surface area (Å²) < 4.78 is 5.71. The number of ether oxygens (including phenoxy) is 1. The van der Waals surface area contributed by atoms with Crippen molar-refractivity contribution in [3.63, 3.8) is 0 Å². The van der Waals surface area contributed by atoms with Crippen molar-refractivity contribution in [3.8, 4) is 0 Å². The van der Waals surface area contributed by atoms with Crippen LogP contribution in [0.4, 0.5) is 0 Å². The number of rotatable bonds is 3. The van der Waals surface area contributed by atoms with E-state index in [1.165, 1.54) is 19.3 Å². The van der Waals surface area contributed by atoms with Crippen molar-refractivity contribution in [2.75, 3.05) is 20.2 Å². The predicted molar refractivity (Wildman–Crippen MR) is 75.8 cm³/mol. The van der Waals surface area contributed by atoms with E-state index in [1.54, 1.807) is 0 Å². The van der Waals surface area contributed by atoms with Crippen molar-refractivity contribution in [2.24, 2.45) is 11.7 Å². The molecule has 4 heteroatoms.